The van der Waals surface area contributed by atoms with Gasteiger partial charge in [0.15, 0.2) is 5.84 Å². The van der Waals surface area contributed by atoms with E-state index < -0.39 is 0 Å². The van der Waals surface area contributed by atoms with E-state index in [1.807, 2.05) is 66.7 Å². The molecule has 0 aliphatic carbocycles. The highest BCUT2D eigenvalue weighted by Gasteiger charge is 2.16. The lowest BCUT2D eigenvalue weighted by atomic mass is 9.95. The first-order valence-corrected chi connectivity index (χ1v) is 16.6. The SMILES string of the molecule is NC(=NC(=NCc1ccc2c(c1)oc1ccccc12)c1cc(-c2ccccc2)cc(-c2ccccc2)c1)c1cccc2oc3ccccc3c12. The van der Waals surface area contributed by atoms with Crippen molar-refractivity contribution in [3.8, 4) is 22.3 Å². The van der Waals surface area contributed by atoms with Crippen LogP contribution < -0.4 is 5.73 Å². The van der Waals surface area contributed by atoms with Crippen molar-refractivity contribution in [2.45, 2.75) is 6.54 Å². The molecular formula is C45H31N3O2. The number of nitrogens with two attached hydrogens (primary N) is 1. The van der Waals surface area contributed by atoms with Crippen molar-refractivity contribution in [3.05, 3.63) is 180 Å². The molecule has 5 nitrogen and oxygen atoms in total. The van der Waals surface area contributed by atoms with Gasteiger partial charge in [0.25, 0.3) is 0 Å². The number of amidine groups is 2. The number of para-hydroxylation sites is 2. The highest BCUT2D eigenvalue weighted by Crippen LogP contribution is 2.33. The number of rotatable bonds is 6. The van der Waals surface area contributed by atoms with E-state index in [1.165, 1.54) is 0 Å². The van der Waals surface area contributed by atoms with Crippen molar-refractivity contribution in [1.29, 1.82) is 0 Å². The van der Waals surface area contributed by atoms with Gasteiger partial charge >= 0.3 is 0 Å². The molecule has 2 heterocycles. The third-order valence-corrected chi connectivity index (χ3v) is 9.16. The molecule has 0 aliphatic rings. The fourth-order valence-corrected chi connectivity index (χ4v) is 6.74. The fraction of sp³-hybridized carbons (Fsp3) is 0.0222. The van der Waals surface area contributed by atoms with Gasteiger partial charge in [-0.25, -0.2) is 4.99 Å². The Kier molecular flexibility index (Phi) is 7.29. The second kappa shape index (κ2) is 12.4. The number of aliphatic imine (C=N–C) groups is 2. The number of furan rings is 2. The van der Waals surface area contributed by atoms with Gasteiger partial charge in [0.2, 0.25) is 0 Å². The molecule has 0 radical (unpaired) electrons. The van der Waals surface area contributed by atoms with Crippen molar-refractivity contribution >= 4 is 55.5 Å². The monoisotopic (exact) mass is 645 g/mol. The smallest absolute Gasteiger partial charge is 0.157 e. The van der Waals surface area contributed by atoms with Crippen LogP contribution in [0.5, 0.6) is 0 Å². The minimum atomic E-state index is 0.361. The number of hydrogen-bond donors (Lipinski definition) is 1. The summed E-state index contributed by atoms with van der Waals surface area (Å²) in [6, 6.07) is 55.6. The topological polar surface area (TPSA) is 77.0 Å². The normalized spacial score (nSPS) is 12.4. The molecule has 9 aromatic rings. The van der Waals surface area contributed by atoms with Crippen LogP contribution in [0.25, 0.3) is 66.1 Å². The van der Waals surface area contributed by atoms with E-state index in [1.54, 1.807) is 0 Å². The molecule has 0 atom stereocenters. The second-order valence-corrected chi connectivity index (χ2v) is 12.4. The summed E-state index contributed by atoms with van der Waals surface area (Å²) in [6.45, 7) is 0.383. The molecule has 0 aliphatic heterocycles. The van der Waals surface area contributed by atoms with E-state index in [9.17, 15) is 0 Å². The first kappa shape index (κ1) is 29.4. The van der Waals surface area contributed by atoms with E-state index >= 15 is 0 Å². The lowest BCUT2D eigenvalue weighted by molar-refractivity contribution is 0.668. The predicted octanol–water partition coefficient (Wildman–Crippen LogP) is 11.2. The largest absolute Gasteiger partial charge is 0.456 e. The zero-order valence-corrected chi connectivity index (χ0v) is 27.1. The first-order valence-electron chi connectivity index (χ1n) is 16.6. The molecular weight excluding hydrogens is 615 g/mol. The van der Waals surface area contributed by atoms with Crippen LogP contribution in [0, 0.1) is 0 Å². The van der Waals surface area contributed by atoms with Crippen LogP contribution in [-0.2, 0) is 6.54 Å². The molecule has 0 unspecified atom stereocenters. The average Bonchev–Trinajstić information content (AvgIpc) is 3.75. The Morgan fingerprint density at radius 2 is 1.06 bits per heavy atom. The second-order valence-electron chi connectivity index (χ2n) is 12.4. The Morgan fingerprint density at radius 3 is 1.78 bits per heavy atom. The maximum Gasteiger partial charge on any atom is 0.157 e. The highest BCUT2D eigenvalue weighted by molar-refractivity contribution is 6.20. The maximum atomic E-state index is 6.95. The molecule has 0 bridgehead atoms. The molecule has 5 heteroatoms. The number of fused-ring (bicyclic) bond motifs is 6. The van der Waals surface area contributed by atoms with Gasteiger partial charge < -0.3 is 14.6 Å². The summed E-state index contributed by atoms with van der Waals surface area (Å²) in [5.41, 5.74) is 17.2. The van der Waals surface area contributed by atoms with Crippen LogP contribution in [0.2, 0.25) is 0 Å². The van der Waals surface area contributed by atoms with Crippen molar-refractivity contribution < 1.29 is 8.83 Å². The molecule has 238 valence electrons. The summed E-state index contributed by atoms with van der Waals surface area (Å²) >= 11 is 0. The average molecular weight is 646 g/mol. The van der Waals surface area contributed by atoms with E-state index in [-0.39, 0.29) is 0 Å². The van der Waals surface area contributed by atoms with Crippen LogP contribution >= 0.6 is 0 Å². The van der Waals surface area contributed by atoms with Gasteiger partial charge in [-0.1, -0.05) is 121 Å². The molecule has 0 saturated heterocycles. The molecule has 0 saturated carbocycles. The van der Waals surface area contributed by atoms with Gasteiger partial charge in [-0.3, -0.25) is 4.99 Å². The van der Waals surface area contributed by atoms with Crippen LogP contribution in [0.1, 0.15) is 16.7 Å². The van der Waals surface area contributed by atoms with Crippen LogP contribution in [0.15, 0.2) is 183 Å². The zero-order valence-electron chi connectivity index (χ0n) is 27.1. The van der Waals surface area contributed by atoms with Gasteiger partial charge in [0, 0.05) is 32.7 Å². The Bertz CT molecular complexity index is 2680. The molecule has 0 spiro atoms. The summed E-state index contributed by atoms with van der Waals surface area (Å²) in [4.78, 5) is 10.3. The van der Waals surface area contributed by atoms with Gasteiger partial charge in [0.05, 0.1) is 6.54 Å². The lowest BCUT2D eigenvalue weighted by Gasteiger charge is -2.12. The van der Waals surface area contributed by atoms with Gasteiger partial charge in [0.1, 0.15) is 28.2 Å². The molecule has 0 fully saturated rings. The Morgan fingerprint density at radius 1 is 0.480 bits per heavy atom. The minimum absolute atomic E-state index is 0.361. The zero-order chi connectivity index (χ0) is 33.4. The van der Waals surface area contributed by atoms with Gasteiger partial charge in [-0.15, -0.1) is 0 Å². The predicted molar refractivity (Wildman–Crippen MR) is 206 cm³/mol. The highest BCUT2D eigenvalue weighted by atomic mass is 16.3. The van der Waals surface area contributed by atoms with E-state index in [0.29, 0.717) is 18.2 Å². The number of benzene rings is 7. The Labute approximate surface area is 288 Å². The first-order chi connectivity index (χ1) is 24.7. The summed E-state index contributed by atoms with van der Waals surface area (Å²) in [7, 11) is 0. The van der Waals surface area contributed by atoms with E-state index in [0.717, 1.165) is 82.8 Å². The van der Waals surface area contributed by atoms with Crippen molar-refractivity contribution in [2.24, 2.45) is 15.7 Å². The van der Waals surface area contributed by atoms with Crippen LogP contribution in [-0.4, -0.2) is 11.7 Å². The minimum Gasteiger partial charge on any atom is -0.456 e. The number of nitrogens with zero attached hydrogens (tertiary/aromatic N) is 2. The van der Waals surface area contributed by atoms with Crippen molar-refractivity contribution in [2.75, 3.05) is 0 Å². The molecule has 2 aromatic heterocycles. The summed E-state index contributed by atoms with van der Waals surface area (Å²) in [6.07, 6.45) is 0. The summed E-state index contributed by atoms with van der Waals surface area (Å²) < 4.78 is 12.4. The van der Waals surface area contributed by atoms with Gasteiger partial charge in [-0.2, -0.15) is 0 Å². The third kappa shape index (κ3) is 5.41. The quantitative estimate of drug-likeness (QED) is 0.144. The molecule has 0 amide bonds. The molecule has 2 N–H and O–H groups in total. The maximum absolute atomic E-state index is 6.95. The van der Waals surface area contributed by atoms with Crippen molar-refractivity contribution in [3.63, 3.8) is 0 Å². The third-order valence-electron chi connectivity index (χ3n) is 9.16. The lowest BCUT2D eigenvalue weighted by Crippen LogP contribution is -2.17. The Balaban J connectivity index is 1.22. The van der Waals surface area contributed by atoms with Crippen LogP contribution in [0.4, 0.5) is 0 Å². The summed E-state index contributed by atoms with van der Waals surface area (Å²) in [5, 5.41) is 4.11. The molecule has 50 heavy (non-hydrogen) atoms. The fourth-order valence-electron chi connectivity index (χ4n) is 6.74. The van der Waals surface area contributed by atoms with E-state index in [4.69, 9.17) is 24.6 Å². The summed E-state index contributed by atoms with van der Waals surface area (Å²) in [5.74, 6) is 0.895. The Hall–Kier alpha value is -6.72. The molecule has 7 aromatic carbocycles. The standard InChI is InChI=1S/C45H31N3O2/c46-44(38-18-11-21-41-43(38)37-17-8-10-20-40(37)49-41)48-45(47-28-29-22-23-36-35-16-7-9-19-39(35)50-42(36)24-29)34-26-32(30-12-3-1-4-13-30)25-33(27-34)31-14-5-2-6-15-31/h1-27H,28H2,(H2,46,47,48). The van der Waals surface area contributed by atoms with E-state index in [2.05, 4.69) is 97.1 Å². The van der Waals surface area contributed by atoms with Gasteiger partial charge in [-0.05, 0) is 70.3 Å². The number of hydrogen-bond acceptors (Lipinski definition) is 3. The van der Waals surface area contributed by atoms with Crippen LogP contribution in [0.3, 0.4) is 0 Å². The molecule has 9 rings (SSSR count). The van der Waals surface area contributed by atoms with Crippen molar-refractivity contribution in [1.82, 2.24) is 0 Å².